The Labute approximate surface area is 132 Å². The number of nitrogens with zero attached hydrogens (tertiary/aromatic N) is 1. The van der Waals surface area contributed by atoms with E-state index in [0.29, 0.717) is 18.0 Å². The molecule has 7 heteroatoms. The van der Waals surface area contributed by atoms with Crippen LogP contribution in [-0.4, -0.2) is 48.7 Å². The minimum atomic E-state index is -1.06. The summed E-state index contributed by atoms with van der Waals surface area (Å²) in [5, 5.41) is 9.88. The summed E-state index contributed by atoms with van der Waals surface area (Å²) in [5.74, 6) is -1.28. The van der Waals surface area contributed by atoms with Crippen LogP contribution in [0, 0.1) is 5.41 Å². The topological polar surface area (TPSA) is 66.8 Å². The Morgan fingerprint density at radius 3 is 2.76 bits per heavy atom. The number of ether oxygens (including phenoxy) is 1. The molecule has 1 unspecified atom stereocenters. The first-order chi connectivity index (χ1) is 9.91. The number of hydrogen-bond acceptors (Lipinski definition) is 3. The van der Waals surface area contributed by atoms with Crippen LogP contribution < -0.4 is 0 Å². The summed E-state index contributed by atoms with van der Waals surface area (Å²) >= 11 is 11.9. The summed E-state index contributed by atoms with van der Waals surface area (Å²) < 4.78 is 5.00. The molecule has 1 heterocycles. The maximum Gasteiger partial charge on any atom is 0.313 e. The van der Waals surface area contributed by atoms with Crippen molar-refractivity contribution in [3.8, 4) is 0 Å². The van der Waals surface area contributed by atoms with Crippen molar-refractivity contribution in [2.75, 3.05) is 26.8 Å². The van der Waals surface area contributed by atoms with Crippen LogP contribution >= 0.6 is 23.2 Å². The number of benzene rings is 1. The molecule has 0 aliphatic carbocycles. The summed E-state index contributed by atoms with van der Waals surface area (Å²) in [5.41, 5.74) is -0.780. The predicted molar refractivity (Wildman–Crippen MR) is 78.9 cm³/mol. The quantitative estimate of drug-likeness (QED) is 0.920. The molecule has 5 nitrogen and oxygen atoms in total. The standard InChI is InChI=1S/C14H15Cl2NO4/c1-21-8-14(13(19)20)5-6-17(7-14)12(18)9-3-2-4-10(15)11(9)16/h2-4H,5-8H2,1H3,(H,19,20). The van der Waals surface area contributed by atoms with E-state index in [1.165, 1.54) is 12.0 Å². The van der Waals surface area contributed by atoms with E-state index in [-0.39, 0.29) is 29.6 Å². The van der Waals surface area contributed by atoms with Gasteiger partial charge in [-0.05, 0) is 18.6 Å². The molecule has 0 bridgehead atoms. The second-order valence-corrected chi connectivity index (χ2v) is 5.88. The van der Waals surface area contributed by atoms with Gasteiger partial charge in [-0.1, -0.05) is 29.3 Å². The molecule has 1 aliphatic rings. The molecule has 1 aromatic carbocycles. The van der Waals surface area contributed by atoms with Gasteiger partial charge in [0.1, 0.15) is 5.41 Å². The van der Waals surface area contributed by atoms with Crippen molar-refractivity contribution < 1.29 is 19.4 Å². The van der Waals surface area contributed by atoms with Crippen LogP contribution in [0.1, 0.15) is 16.8 Å². The normalized spacial score (nSPS) is 21.6. The van der Waals surface area contributed by atoms with E-state index in [0.717, 1.165) is 0 Å². The maximum atomic E-state index is 12.5. The molecule has 1 aliphatic heterocycles. The number of carboxylic acid groups (broad SMARTS) is 1. The van der Waals surface area contributed by atoms with Gasteiger partial charge in [0.25, 0.3) is 5.91 Å². The number of carbonyl (C=O) groups excluding carboxylic acids is 1. The third-order valence-corrected chi connectivity index (χ3v) is 4.52. The minimum absolute atomic E-state index is 0.0649. The molecular weight excluding hydrogens is 317 g/mol. The van der Waals surface area contributed by atoms with E-state index in [1.54, 1.807) is 18.2 Å². The van der Waals surface area contributed by atoms with Crippen molar-refractivity contribution in [1.29, 1.82) is 0 Å². The fourth-order valence-corrected chi connectivity index (χ4v) is 2.90. The summed E-state index contributed by atoms with van der Waals surface area (Å²) in [4.78, 5) is 25.4. The number of aliphatic carboxylic acids is 1. The van der Waals surface area contributed by atoms with Crippen molar-refractivity contribution in [2.45, 2.75) is 6.42 Å². The Bertz CT molecular complexity index is 578. The molecule has 21 heavy (non-hydrogen) atoms. The number of likely N-dealkylation sites (tertiary alicyclic amines) is 1. The Morgan fingerprint density at radius 2 is 2.14 bits per heavy atom. The minimum Gasteiger partial charge on any atom is -0.481 e. The zero-order valence-electron chi connectivity index (χ0n) is 11.4. The van der Waals surface area contributed by atoms with Crippen LogP contribution in [0.15, 0.2) is 18.2 Å². The summed E-state index contributed by atoms with van der Waals surface area (Å²) in [6, 6.07) is 4.81. The first-order valence-corrected chi connectivity index (χ1v) is 7.12. The average molecular weight is 332 g/mol. The van der Waals surface area contributed by atoms with E-state index >= 15 is 0 Å². The molecule has 1 saturated heterocycles. The van der Waals surface area contributed by atoms with E-state index in [2.05, 4.69) is 0 Å². The highest BCUT2D eigenvalue weighted by molar-refractivity contribution is 6.43. The smallest absolute Gasteiger partial charge is 0.313 e. The zero-order chi connectivity index (χ0) is 15.6. The van der Waals surface area contributed by atoms with E-state index in [9.17, 15) is 14.7 Å². The number of rotatable bonds is 4. The molecule has 1 fully saturated rings. The average Bonchev–Trinajstić information content (AvgIpc) is 2.87. The van der Waals surface area contributed by atoms with Crippen LogP contribution in [0.4, 0.5) is 0 Å². The second kappa shape index (κ2) is 6.22. The predicted octanol–water partition coefficient (Wildman–Crippen LogP) is 2.56. The molecule has 1 N–H and O–H groups in total. The van der Waals surface area contributed by atoms with Crippen LogP contribution in [0.25, 0.3) is 0 Å². The lowest BCUT2D eigenvalue weighted by molar-refractivity contribution is -0.151. The first kappa shape index (κ1) is 16.1. The summed E-state index contributed by atoms with van der Waals surface area (Å²) in [7, 11) is 1.45. The molecule has 1 atom stereocenters. The molecule has 1 amide bonds. The van der Waals surface area contributed by atoms with Gasteiger partial charge in [0.2, 0.25) is 0 Å². The number of halogens is 2. The molecule has 2 rings (SSSR count). The molecule has 114 valence electrons. The van der Waals surface area contributed by atoms with Crippen LogP contribution in [0.2, 0.25) is 10.0 Å². The number of hydrogen-bond donors (Lipinski definition) is 1. The van der Waals surface area contributed by atoms with Gasteiger partial charge in [-0.15, -0.1) is 0 Å². The lowest BCUT2D eigenvalue weighted by atomic mass is 9.88. The Kier molecular flexibility index (Phi) is 4.76. The van der Waals surface area contributed by atoms with Crippen molar-refractivity contribution in [3.05, 3.63) is 33.8 Å². The third kappa shape index (κ3) is 3.00. The third-order valence-electron chi connectivity index (χ3n) is 3.70. The molecule has 0 radical (unpaired) electrons. The van der Waals surface area contributed by atoms with Gasteiger partial charge in [-0.3, -0.25) is 9.59 Å². The highest BCUT2D eigenvalue weighted by Crippen LogP contribution is 2.34. The first-order valence-electron chi connectivity index (χ1n) is 6.37. The number of carbonyl (C=O) groups is 2. The van der Waals surface area contributed by atoms with Crippen LogP contribution in [0.5, 0.6) is 0 Å². The monoisotopic (exact) mass is 331 g/mol. The van der Waals surface area contributed by atoms with Crippen molar-refractivity contribution in [1.82, 2.24) is 4.90 Å². The lowest BCUT2D eigenvalue weighted by Crippen LogP contribution is -2.40. The van der Waals surface area contributed by atoms with Crippen LogP contribution in [0.3, 0.4) is 0 Å². The van der Waals surface area contributed by atoms with Gasteiger partial charge in [0.15, 0.2) is 0 Å². The lowest BCUT2D eigenvalue weighted by Gasteiger charge is -2.24. The number of methoxy groups -OCH3 is 1. The van der Waals surface area contributed by atoms with Gasteiger partial charge in [-0.25, -0.2) is 0 Å². The zero-order valence-corrected chi connectivity index (χ0v) is 12.9. The van der Waals surface area contributed by atoms with E-state index in [1.807, 2.05) is 0 Å². The van der Waals surface area contributed by atoms with Crippen LogP contribution in [-0.2, 0) is 9.53 Å². The molecular formula is C14H15Cl2NO4. The van der Waals surface area contributed by atoms with Crippen molar-refractivity contribution in [3.63, 3.8) is 0 Å². The largest absolute Gasteiger partial charge is 0.481 e. The molecule has 0 spiro atoms. The van der Waals surface area contributed by atoms with Gasteiger partial charge < -0.3 is 14.7 Å². The van der Waals surface area contributed by atoms with Crippen molar-refractivity contribution >= 4 is 35.1 Å². The maximum absolute atomic E-state index is 12.5. The highest BCUT2D eigenvalue weighted by atomic mass is 35.5. The number of amides is 1. The summed E-state index contributed by atoms with van der Waals surface area (Å²) in [6.07, 6.45) is 0.347. The Balaban J connectivity index is 2.23. The molecule has 1 aromatic rings. The van der Waals surface area contributed by atoms with Gasteiger partial charge in [0, 0.05) is 20.2 Å². The number of carboxylic acids is 1. The van der Waals surface area contributed by atoms with E-state index in [4.69, 9.17) is 27.9 Å². The Hall–Kier alpha value is -1.30. The summed E-state index contributed by atoms with van der Waals surface area (Å²) in [6.45, 7) is 0.505. The van der Waals surface area contributed by atoms with Gasteiger partial charge >= 0.3 is 5.97 Å². The fourth-order valence-electron chi connectivity index (χ4n) is 2.52. The van der Waals surface area contributed by atoms with Gasteiger partial charge in [0.05, 0.1) is 22.2 Å². The fraction of sp³-hybridized carbons (Fsp3) is 0.429. The van der Waals surface area contributed by atoms with Gasteiger partial charge in [-0.2, -0.15) is 0 Å². The molecule has 0 aromatic heterocycles. The second-order valence-electron chi connectivity index (χ2n) is 5.10. The Morgan fingerprint density at radius 1 is 1.43 bits per heavy atom. The van der Waals surface area contributed by atoms with E-state index < -0.39 is 11.4 Å². The highest BCUT2D eigenvalue weighted by Gasteiger charge is 2.46. The molecule has 0 saturated carbocycles. The SMILES string of the molecule is COCC1(C(=O)O)CCN(C(=O)c2cccc(Cl)c2Cl)C1. The van der Waals surface area contributed by atoms with Crippen molar-refractivity contribution in [2.24, 2.45) is 5.41 Å².